The summed E-state index contributed by atoms with van der Waals surface area (Å²) in [6.07, 6.45) is 8.72. The average molecular weight is 360 g/mol. The van der Waals surface area contributed by atoms with E-state index in [2.05, 4.69) is 25.1 Å². The molecular weight excluding hydrogens is 334 g/mol. The lowest BCUT2D eigenvalue weighted by molar-refractivity contribution is 0.580. The van der Waals surface area contributed by atoms with Gasteiger partial charge in [-0.3, -0.25) is 0 Å². The van der Waals surface area contributed by atoms with Crippen LogP contribution in [0.3, 0.4) is 0 Å². The predicted octanol–water partition coefficient (Wildman–Crippen LogP) is 1.93. The topological polar surface area (TPSA) is 70.1 Å². The van der Waals surface area contributed by atoms with Crippen LogP contribution in [0.25, 0.3) is 11.0 Å². The van der Waals surface area contributed by atoms with Crippen molar-refractivity contribution in [1.82, 2.24) is 25.3 Å². The lowest BCUT2D eigenvalue weighted by Crippen LogP contribution is -2.44. The second-order valence-electron chi connectivity index (χ2n) is 6.57. The van der Waals surface area contributed by atoms with Crippen molar-refractivity contribution in [2.45, 2.75) is 30.7 Å². The number of anilines is 2. The molecule has 4 heterocycles. The Balaban J connectivity index is 1.83. The van der Waals surface area contributed by atoms with Crippen LogP contribution in [0.1, 0.15) is 25.7 Å². The number of nitrogens with one attached hydrogen (secondary N) is 1. The number of piperazine rings is 1. The maximum Gasteiger partial charge on any atom is 0.228 e. The number of aromatic nitrogens is 4. The van der Waals surface area contributed by atoms with Gasteiger partial charge in [0, 0.05) is 39.3 Å². The molecule has 0 atom stereocenters. The number of hydrogen-bond acceptors (Lipinski definition) is 8. The van der Waals surface area contributed by atoms with Crippen LogP contribution in [-0.2, 0) is 0 Å². The Morgan fingerprint density at radius 2 is 1.64 bits per heavy atom. The second kappa shape index (κ2) is 7.70. The molecule has 0 bridgehead atoms. The molecule has 7 nitrogen and oxygen atoms in total. The smallest absolute Gasteiger partial charge is 0.228 e. The molecule has 0 unspecified atom stereocenters. The van der Waals surface area contributed by atoms with Gasteiger partial charge in [-0.1, -0.05) is 12.8 Å². The van der Waals surface area contributed by atoms with Crippen LogP contribution in [0.4, 0.5) is 11.8 Å². The first-order valence-electron chi connectivity index (χ1n) is 9.14. The van der Waals surface area contributed by atoms with Gasteiger partial charge in [0.25, 0.3) is 0 Å². The molecule has 0 amide bonds. The van der Waals surface area contributed by atoms with Crippen LogP contribution >= 0.6 is 11.8 Å². The molecule has 0 radical (unpaired) electrons. The van der Waals surface area contributed by atoms with E-state index in [1.165, 1.54) is 25.7 Å². The molecule has 2 fully saturated rings. The molecule has 2 aliphatic rings. The third-order valence-electron chi connectivity index (χ3n) is 4.92. The highest BCUT2D eigenvalue weighted by molar-refractivity contribution is 7.98. The van der Waals surface area contributed by atoms with Crippen molar-refractivity contribution in [1.29, 1.82) is 0 Å². The van der Waals surface area contributed by atoms with E-state index in [1.807, 2.05) is 6.26 Å². The van der Waals surface area contributed by atoms with Gasteiger partial charge in [0.15, 0.2) is 5.82 Å². The molecule has 2 aromatic rings. The Morgan fingerprint density at radius 1 is 0.880 bits per heavy atom. The van der Waals surface area contributed by atoms with Gasteiger partial charge in [0.1, 0.15) is 22.4 Å². The van der Waals surface area contributed by atoms with Crippen LogP contribution in [0.15, 0.2) is 11.4 Å². The van der Waals surface area contributed by atoms with Gasteiger partial charge in [0.2, 0.25) is 5.95 Å². The number of hydrogen-bond donors (Lipinski definition) is 1. The maximum atomic E-state index is 4.98. The van der Waals surface area contributed by atoms with Gasteiger partial charge >= 0.3 is 0 Å². The first kappa shape index (κ1) is 16.8. The largest absolute Gasteiger partial charge is 0.355 e. The molecule has 1 N–H and O–H groups in total. The van der Waals surface area contributed by atoms with Crippen molar-refractivity contribution >= 4 is 34.6 Å². The Bertz CT molecular complexity index is 724. The molecule has 0 aromatic carbocycles. The number of fused-ring (bicyclic) bond motifs is 1. The quantitative estimate of drug-likeness (QED) is 0.658. The highest BCUT2D eigenvalue weighted by Crippen LogP contribution is 2.30. The lowest BCUT2D eigenvalue weighted by Gasteiger charge is -2.29. The van der Waals surface area contributed by atoms with Crippen LogP contribution in [0.2, 0.25) is 0 Å². The van der Waals surface area contributed by atoms with Gasteiger partial charge in [0.05, 0.1) is 0 Å². The van der Waals surface area contributed by atoms with E-state index in [0.717, 1.165) is 67.1 Å². The highest BCUT2D eigenvalue weighted by Gasteiger charge is 2.22. The third-order valence-corrected chi connectivity index (χ3v) is 5.60. The number of nitrogens with zero attached hydrogens (tertiary/aromatic N) is 6. The molecule has 0 spiro atoms. The molecule has 4 rings (SSSR count). The van der Waals surface area contributed by atoms with Crippen molar-refractivity contribution in [3.8, 4) is 0 Å². The van der Waals surface area contributed by atoms with Gasteiger partial charge < -0.3 is 15.1 Å². The van der Waals surface area contributed by atoms with E-state index in [9.17, 15) is 0 Å². The summed E-state index contributed by atoms with van der Waals surface area (Å²) in [5.41, 5.74) is 1.78. The summed E-state index contributed by atoms with van der Waals surface area (Å²) in [6.45, 7) is 5.92. The standard InChI is InChI=1S/C17H25N7S/c1-25-16-14-13(19-12-20-16)15(23-8-4-2-3-5-9-23)22-17(21-14)24-10-6-18-7-11-24/h12,18H,2-11H2,1H3. The molecule has 2 saturated heterocycles. The summed E-state index contributed by atoms with van der Waals surface area (Å²) >= 11 is 1.62. The lowest BCUT2D eigenvalue weighted by atomic mass is 10.2. The fourth-order valence-corrected chi connectivity index (χ4v) is 4.05. The van der Waals surface area contributed by atoms with E-state index < -0.39 is 0 Å². The zero-order valence-corrected chi connectivity index (χ0v) is 15.6. The molecule has 134 valence electrons. The van der Waals surface area contributed by atoms with E-state index in [-0.39, 0.29) is 0 Å². The van der Waals surface area contributed by atoms with Crippen LogP contribution in [-0.4, -0.2) is 65.5 Å². The number of rotatable bonds is 3. The average Bonchev–Trinajstić information content (AvgIpc) is 2.96. The predicted molar refractivity (Wildman–Crippen MR) is 103 cm³/mol. The molecule has 0 aliphatic carbocycles. The molecule has 0 saturated carbocycles. The van der Waals surface area contributed by atoms with Crippen molar-refractivity contribution in [2.75, 3.05) is 55.3 Å². The van der Waals surface area contributed by atoms with E-state index in [4.69, 9.17) is 9.97 Å². The first-order valence-corrected chi connectivity index (χ1v) is 10.4. The summed E-state index contributed by atoms with van der Waals surface area (Å²) in [5, 5.41) is 4.32. The summed E-state index contributed by atoms with van der Waals surface area (Å²) < 4.78 is 0. The fraction of sp³-hybridized carbons (Fsp3) is 0.647. The van der Waals surface area contributed by atoms with E-state index in [0.29, 0.717) is 0 Å². The summed E-state index contributed by atoms with van der Waals surface area (Å²) in [6, 6.07) is 0. The third kappa shape index (κ3) is 3.50. The zero-order valence-electron chi connectivity index (χ0n) is 14.7. The van der Waals surface area contributed by atoms with Gasteiger partial charge in [-0.25, -0.2) is 15.0 Å². The minimum atomic E-state index is 0.818. The molecule has 25 heavy (non-hydrogen) atoms. The summed E-state index contributed by atoms with van der Waals surface area (Å²) in [7, 11) is 0. The normalized spacial score (nSPS) is 19.2. The van der Waals surface area contributed by atoms with Gasteiger partial charge in [-0.05, 0) is 19.1 Å². The highest BCUT2D eigenvalue weighted by atomic mass is 32.2. The maximum absolute atomic E-state index is 4.98. The van der Waals surface area contributed by atoms with E-state index in [1.54, 1.807) is 18.1 Å². The molecule has 2 aromatic heterocycles. The molecule has 2 aliphatic heterocycles. The Hall–Kier alpha value is -1.67. The van der Waals surface area contributed by atoms with Gasteiger partial charge in [-0.15, -0.1) is 11.8 Å². The zero-order chi connectivity index (χ0) is 17.1. The minimum absolute atomic E-state index is 0.818. The van der Waals surface area contributed by atoms with Crippen molar-refractivity contribution in [2.24, 2.45) is 0 Å². The van der Waals surface area contributed by atoms with E-state index >= 15 is 0 Å². The molecular formula is C17H25N7S. The Kier molecular flexibility index (Phi) is 5.17. The second-order valence-corrected chi connectivity index (χ2v) is 7.36. The monoisotopic (exact) mass is 359 g/mol. The molecule has 8 heteroatoms. The van der Waals surface area contributed by atoms with Crippen LogP contribution < -0.4 is 15.1 Å². The summed E-state index contributed by atoms with van der Waals surface area (Å²) in [5.74, 6) is 1.80. The van der Waals surface area contributed by atoms with Crippen LogP contribution in [0.5, 0.6) is 0 Å². The Labute approximate surface area is 152 Å². The fourth-order valence-electron chi connectivity index (χ4n) is 3.56. The van der Waals surface area contributed by atoms with Crippen LogP contribution in [0, 0.1) is 0 Å². The number of thioether (sulfide) groups is 1. The van der Waals surface area contributed by atoms with Gasteiger partial charge in [-0.2, -0.15) is 4.98 Å². The first-order chi connectivity index (χ1) is 12.4. The van der Waals surface area contributed by atoms with Crippen molar-refractivity contribution < 1.29 is 0 Å². The SMILES string of the molecule is CSc1ncnc2c(N3CCCCCC3)nc(N3CCNCC3)nc12. The Morgan fingerprint density at radius 3 is 2.36 bits per heavy atom. The minimum Gasteiger partial charge on any atom is -0.355 e. The van der Waals surface area contributed by atoms with Crippen molar-refractivity contribution in [3.63, 3.8) is 0 Å². The summed E-state index contributed by atoms with van der Waals surface area (Å²) in [4.78, 5) is 23.5. The van der Waals surface area contributed by atoms with Crippen molar-refractivity contribution in [3.05, 3.63) is 6.33 Å².